The summed E-state index contributed by atoms with van der Waals surface area (Å²) in [6.45, 7) is 8.48. The van der Waals surface area contributed by atoms with Crippen molar-refractivity contribution < 1.29 is 19.1 Å². The molecule has 1 aliphatic heterocycles. The molecule has 0 N–H and O–H groups in total. The molecule has 0 unspecified atom stereocenters. The molecular formula is C31H32ClNO4. The molecular weight excluding hydrogens is 486 g/mol. The average molecular weight is 518 g/mol. The number of ketones is 2. The van der Waals surface area contributed by atoms with Gasteiger partial charge in [-0.3, -0.25) is 9.59 Å². The van der Waals surface area contributed by atoms with Gasteiger partial charge in [-0.2, -0.15) is 0 Å². The molecule has 0 bridgehead atoms. The second-order valence-electron chi connectivity index (χ2n) is 12.0. The second-order valence-corrected chi connectivity index (χ2v) is 12.4. The van der Waals surface area contributed by atoms with E-state index < -0.39 is 11.9 Å². The van der Waals surface area contributed by atoms with E-state index in [0.717, 1.165) is 22.6 Å². The standard InChI is InChI=1S/C31H32ClNO4/c1-30(2)14-22-27(24(34)16-30)26(18-6-8-19(9-7-18)29(36)37-5)28-23(15-31(3,4)17-25(28)35)33(22)21-12-10-20(32)11-13-21/h6-13,26H,14-17H2,1-5H3. The first-order chi connectivity index (χ1) is 17.4. The molecule has 5 rings (SSSR count). The highest BCUT2D eigenvalue weighted by Crippen LogP contribution is 2.55. The zero-order valence-electron chi connectivity index (χ0n) is 22.0. The van der Waals surface area contributed by atoms with Gasteiger partial charge in [-0.25, -0.2) is 4.79 Å². The first-order valence-electron chi connectivity index (χ1n) is 12.7. The van der Waals surface area contributed by atoms with E-state index in [4.69, 9.17) is 16.3 Å². The van der Waals surface area contributed by atoms with E-state index in [0.29, 0.717) is 47.4 Å². The van der Waals surface area contributed by atoms with Crippen LogP contribution in [0.2, 0.25) is 5.02 Å². The molecule has 2 aromatic rings. The number of hydrogen-bond acceptors (Lipinski definition) is 5. The summed E-state index contributed by atoms with van der Waals surface area (Å²) >= 11 is 6.23. The topological polar surface area (TPSA) is 63.7 Å². The van der Waals surface area contributed by atoms with Crippen LogP contribution < -0.4 is 4.90 Å². The van der Waals surface area contributed by atoms with Crippen LogP contribution in [0, 0.1) is 10.8 Å². The van der Waals surface area contributed by atoms with Gasteiger partial charge in [0.05, 0.1) is 12.7 Å². The van der Waals surface area contributed by atoms with Crippen molar-refractivity contribution in [2.45, 2.75) is 59.3 Å². The maximum atomic E-state index is 13.9. The predicted molar refractivity (Wildman–Crippen MR) is 145 cm³/mol. The van der Waals surface area contributed by atoms with Gasteiger partial charge in [0.15, 0.2) is 11.6 Å². The normalized spacial score (nSPS) is 21.1. The SMILES string of the molecule is COC(=O)c1ccc(C2C3=C(CC(C)(C)CC3=O)N(c3ccc(Cl)cc3)C3=C2C(=O)CC(C)(C)C3)cc1. The van der Waals surface area contributed by atoms with Crippen LogP contribution in [0.25, 0.3) is 0 Å². The summed E-state index contributed by atoms with van der Waals surface area (Å²) in [5.74, 6) is -0.754. The molecule has 0 saturated heterocycles. The van der Waals surface area contributed by atoms with E-state index in [2.05, 4.69) is 32.6 Å². The Kier molecular flexibility index (Phi) is 6.18. The molecule has 2 aliphatic carbocycles. The minimum Gasteiger partial charge on any atom is -0.465 e. The Hall–Kier alpha value is -3.18. The second kappa shape index (κ2) is 8.98. The summed E-state index contributed by atoms with van der Waals surface area (Å²) in [6.07, 6.45) is 2.25. The van der Waals surface area contributed by atoms with Crippen LogP contribution >= 0.6 is 11.6 Å². The van der Waals surface area contributed by atoms with E-state index >= 15 is 0 Å². The number of rotatable bonds is 3. The smallest absolute Gasteiger partial charge is 0.337 e. The fourth-order valence-electron chi connectivity index (χ4n) is 6.13. The molecule has 5 nitrogen and oxygen atoms in total. The number of anilines is 1. The van der Waals surface area contributed by atoms with Crippen LogP contribution in [0.1, 0.15) is 75.2 Å². The molecule has 2 aromatic carbocycles. The minimum absolute atomic E-state index is 0.0661. The minimum atomic E-state index is -0.465. The van der Waals surface area contributed by atoms with Crippen molar-refractivity contribution in [3.63, 3.8) is 0 Å². The quantitative estimate of drug-likeness (QED) is 0.409. The molecule has 37 heavy (non-hydrogen) atoms. The number of halogens is 1. The Labute approximate surface area is 223 Å². The summed E-state index contributed by atoms with van der Waals surface area (Å²) in [6, 6.07) is 14.7. The van der Waals surface area contributed by atoms with Crippen LogP contribution in [0.4, 0.5) is 5.69 Å². The van der Waals surface area contributed by atoms with Crippen molar-refractivity contribution in [1.29, 1.82) is 0 Å². The number of carbonyl (C=O) groups is 3. The van der Waals surface area contributed by atoms with Gasteiger partial charge in [-0.1, -0.05) is 51.4 Å². The summed E-state index contributed by atoms with van der Waals surface area (Å²) in [5, 5.41) is 0.632. The zero-order valence-corrected chi connectivity index (χ0v) is 22.7. The fraction of sp³-hybridized carbons (Fsp3) is 0.387. The summed E-state index contributed by atoms with van der Waals surface area (Å²) in [7, 11) is 1.35. The first kappa shape index (κ1) is 25.5. The fourth-order valence-corrected chi connectivity index (χ4v) is 6.26. The van der Waals surface area contributed by atoms with Crippen LogP contribution in [0.3, 0.4) is 0 Å². The number of hydrogen-bond donors (Lipinski definition) is 0. The number of allylic oxidation sites excluding steroid dienone is 4. The zero-order chi connectivity index (χ0) is 26.7. The van der Waals surface area contributed by atoms with E-state index in [1.807, 2.05) is 36.4 Å². The molecule has 0 spiro atoms. The monoisotopic (exact) mass is 517 g/mol. The molecule has 192 valence electrons. The lowest BCUT2D eigenvalue weighted by Gasteiger charge is -2.49. The van der Waals surface area contributed by atoms with E-state index in [9.17, 15) is 14.4 Å². The highest BCUT2D eigenvalue weighted by Gasteiger charge is 2.49. The Bertz CT molecular complexity index is 1310. The van der Waals surface area contributed by atoms with Gasteiger partial charge in [0.25, 0.3) is 0 Å². The van der Waals surface area contributed by atoms with Gasteiger partial charge in [0, 0.05) is 52.0 Å². The number of esters is 1. The number of carbonyl (C=O) groups excluding carboxylic acids is 3. The third-order valence-electron chi connectivity index (χ3n) is 7.66. The summed E-state index contributed by atoms with van der Waals surface area (Å²) in [5.41, 5.74) is 5.02. The lowest BCUT2D eigenvalue weighted by molar-refractivity contribution is -0.119. The van der Waals surface area contributed by atoms with Gasteiger partial charge in [-0.05, 0) is 65.6 Å². The Balaban J connectivity index is 1.78. The third kappa shape index (κ3) is 4.54. The van der Waals surface area contributed by atoms with Crippen molar-refractivity contribution in [3.05, 3.63) is 87.2 Å². The molecule has 1 heterocycles. The van der Waals surface area contributed by atoms with Crippen molar-refractivity contribution in [1.82, 2.24) is 0 Å². The van der Waals surface area contributed by atoms with Gasteiger partial charge >= 0.3 is 5.97 Å². The van der Waals surface area contributed by atoms with Crippen molar-refractivity contribution in [2.75, 3.05) is 12.0 Å². The number of methoxy groups -OCH3 is 1. The van der Waals surface area contributed by atoms with Crippen molar-refractivity contribution >= 4 is 34.8 Å². The van der Waals surface area contributed by atoms with Crippen molar-refractivity contribution in [3.8, 4) is 0 Å². The Morgan fingerprint density at radius 1 is 0.811 bits per heavy atom. The first-order valence-corrected chi connectivity index (χ1v) is 13.0. The number of Topliss-reactive ketones (excluding diaryl/α,β-unsaturated/α-hetero) is 2. The number of benzene rings is 2. The highest BCUT2D eigenvalue weighted by molar-refractivity contribution is 6.30. The van der Waals surface area contributed by atoms with Crippen molar-refractivity contribution in [2.24, 2.45) is 10.8 Å². The maximum Gasteiger partial charge on any atom is 0.337 e. The van der Waals surface area contributed by atoms with Gasteiger partial charge in [0.2, 0.25) is 0 Å². The Morgan fingerprint density at radius 3 is 1.76 bits per heavy atom. The lowest BCUT2D eigenvalue weighted by atomic mass is 9.63. The summed E-state index contributed by atoms with van der Waals surface area (Å²) in [4.78, 5) is 42.0. The van der Waals surface area contributed by atoms with Gasteiger partial charge in [0.1, 0.15) is 0 Å². The van der Waals surface area contributed by atoms with E-state index in [1.54, 1.807) is 12.1 Å². The molecule has 0 atom stereocenters. The Morgan fingerprint density at radius 2 is 1.30 bits per heavy atom. The third-order valence-corrected chi connectivity index (χ3v) is 7.91. The van der Waals surface area contributed by atoms with E-state index in [-0.39, 0.29) is 22.4 Å². The number of ether oxygens (including phenoxy) is 1. The molecule has 0 fully saturated rings. The molecule has 6 heteroatoms. The molecule has 0 aromatic heterocycles. The van der Waals surface area contributed by atoms with Gasteiger partial charge in [-0.15, -0.1) is 0 Å². The van der Waals surface area contributed by atoms with Crippen LogP contribution in [-0.2, 0) is 14.3 Å². The largest absolute Gasteiger partial charge is 0.465 e. The average Bonchev–Trinajstić information content (AvgIpc) is 2.82. The van der Waals surface area contributed by atoms with E-state index in [1.165, 1.54) is 7.11 Å². The van der Waals surface area contributed by atoms with Crippen LogP contribution in [0.15, 0.2) is 71.1 Å². The maximum absolute atomic E-state index is 13.9. The van der Waals surface area contributed by atoms with Gasteiger partial charge < -0.3 is 9.64 Å². The molecule has 0 radical (unpaired) electrons. The molecule has 3 aliphatic rings. The molecule has 0 amide bonds. The predicted octanol–water partition coefficient (Wildman–Crippen LogP) is 7.02. The highest BCUT2D eigenvalue weighted by atomic mass is 35.5. The number of nitrogens with zero attached hydrogens (tertiary/aromatic N) is 1. The summed E-state index contributed by atoms with van der Waals surface area (Å²) < 4.78 is 4.86. The molecule has 0 saturated carbocycles. The van der Waals surface area contributed by atoms with Crippen LogP contribution in [-0.4, -0.2) is 24.6 Å². The van der Waals surface area contributed by atoms with Crippen LogP contribution in [0.5, 0.6) is 0 Å². The lowest BCUT2D eigenvalue weighted by Crippen LogP contribution is -2.44.